The van der Waals surface area contributed by atoms with Gasteiger partial charge in [-0.15, -0.1) is 0 Å². The third-order valence-electron chi connectivity index (χ3n) is 9.87. The minimum Gasteiger partial charge on any atom is -0.381 e. The lowest BCUT2D eigenvalue weighted by molar-refractivity contribution is 0.0631. The fourth-order valence-corrected chi connectivity index (χ4v) is 6.99. The average molecular weight is 629 g/mol. The van der Waals surface area contributed by atoms with Gasteiger partial charge in [-0.2, -0.15) is 0 Å². The number of hydrogen-bond donors (Lipinski definition) is 0. The zero-order valence-corrected chi connectivity index (χ0v) is 28.5. The van der Waals surface area contributed by atoms with Gasteiger partial charge < -0.3 is 14.5 Å². The molecule has 3 nitrogen and oxygen atoms in total. The molecule has 0 atom stereocenters. The van der Waals surface area contributed by atoms with Crippen LogP contribution in [0.25, 0.3) is 0 Å². The van der Waals surface area contributed by atoms with Crippen LogP contribution in [-0.4, -0.2) is 13.2 Å². The van der Waals surface area contributed by atoms with Gasteiger partial charge in [-0.05, 0) is 124 Å². The molecule has 1 saturated heterocycles. The van der Waals surface area contributed by atoms with E-state index in [4.69, 9.17) is 4.74 Å². The standard InChI is InChI=1S/C45H44N2O/c1-33-5-17-39(18-6-33)46(40-19-7-34(2)8-20-40)43-25-13-37(14-26-43)45(29-31-48-32-30-45)38-15-27-44(28-16-38)47(41-21-9-35(3)10-22-41)42-23-11-36(4)12-24-42/h5-28H,29-32H2,1-4H3. The number of aryl methyl sites for hydroxylation is 4. The van der Waals surface area contributed by atoms with E-state index in [1.54, 1.807) is 0 Å². The minimum atomic E-state index is -0.119. The molecule has 6 aromatic carbocycles. The van der Waals surface area contributed by atoms with Gasteiger partial charge in [-0.25, -0.2) is 0 Å². The quantitative estimate of drug-likeness (QED) is 0.167. The molecule has 0 N–H and O–H groups in total. The number of rotatable bonds is 8. The van der Waals surface area contributed by atoms with Crippen molar-refractivity contribution in [1.29, 1.82) is 0 Å². The first-order valence-electron chi connectivity index (χ1n) is 17.1. The first-order chi connectivity index (χ1) is 23.4. The summed E-state index contributed by atoms with van der Waals surface area (Å²) in [5, 5.41) is 0. The molecule has 0 spiro atoms. The summed E-state index contributed by atoms with van der Waals surface area (Å²) in [5.74, 6) is 0. The molecular formula is C45H44N2O. The Morgan fingerprint density at radius 3 is 0.833 bits per heavy atom. The maximum Gasteiger partial charge on any atom is 0.0477 e. The van der Waals surface area contributed by atoms with Gasteiger partial charge in [0.2, 0.25) is 0 Å². The molecule has 240 valence electrons. The Labute approximate surface area is 286 Å². The molecule has 0 bridgehead atoms. The fourth-order valence-electron chi connectivity index (χ4n) is 6.99. The van der Waals surface area contributed by atoms with Gasteiger partial charge in [0.05, 0.1) is 0 Å². The van der Waals surface area contributed by atoms with Crippen molar-refractivity contribution in [3.63, 3.8) is 0 Å². The number of ether oxygens (including phenoxy) is 1. The van der Waals surface area contributed by atoms with E-state index in [0.29, 0.717) is 0 Å². The van der Waals surface area contributed by atoms with Crippen molar-refractivity contribution < 1.29 is 4.74 Å². The first kappa shape index (κ1) is 31.5. The van der Waals surface area contributed by atoms with Gasteiger partial charge in [-0.3, -0.25) is 0 Å². The highest BCUT2D eigenvalue weighted by molar-refractivity contribution is 5.78. The lowest BCUT2D eigenvalue weighted by Gasteiger charge is -2.39. The van der Waals surface area contributed by atoms with Crippen LogP contribution in [0.3, 0.4) is 0 Å². The zero-order valence-electron chi connectivity index (χ0n) is 28.5. The summed E-state index contributed by atoms with van der Waals surface area (Å²) < 4.78 is 5.95. The molecule has 7 rings (SSSR count). The Kier molecular flexibility index (Phi) is 8.88. The smallest absolute Gasteiger partial charge is 0.0477 e. The topological polar surface area (TPSA) is 15.7 Å². The second-order valence-corrected chi connectivity index (χ2v) is 13.3. The van der Waals surface area contributed by atoms with E-state index < -0.39 is 0 Å². The molecule has 0 amide bonds. The van der Waals surface area contributed by atoms with Crippen molar-refractivity contribution in [2.75, 3.05) is 23.0 Å². The second kappa shape index (κ2) is 13.5. The summed E-state index contributed by atoms with van der Waals surface area (Å²) in [6, 6.07) is 53.7. The van der Waals surface area contributed by atoms with Crippen molar-refractivity contribution in [1.82, 2.24) is 0 Å². The number of hydrogen-bond acceptors (Lipinski definition) is 3. The molecular weight excluding hydrogens is 585 g/mol. The Bertz CT molecular complexity index is 1700. The minimum absolute atomic E-state index is 0.119. The summed E-state index contributed by atoms with van der Waals surface area (Å²) >= 11 is 0. The summed E-state index contributed by atoms with van der Waals surface area (Å²) in [4.78, 5) is 4.69. The van der Waals surface area contributed by atoms with Crippen LogP contribution in [0, 0.1) is 27.7 Å². The molecule has 0 unspecified atom stereocenters. The van der Waals surface area contributed by atoms with Crippen molar-refractivity contribution in [2.45, 2.75) is 46.0 Å². The lowest BCUT2D eigenvalue weighted by atomic mass is 9.69. The highest BCUT2D eigenvalue weighted by Crippen LogP contribution is 2.44. The van der Waals surface area contributed by atoms with E-state index in [1.165, 1.54) is 33.4 Å². The molecule has 1 aliphatic rings. The fraction of sp³-hybridized carbons (Fsp3) is 0.200. The maximum absolute atomic E-state index is 5.95. The summed E-state index contributed by atoms with van der Waals surface area (Å²) in [5.41, 5.74) is 14.5. The Hall–Kier alpha value is -5.12. The molecule has 1 heterocycles. The highest BCUT2D eigenvalue weighted by Gasteiger charge is 2.36. The monoisotopic (exact) mass is 628 g/mol. The lowest BCUT2D eigenvalue weighted by Crippen LogP contribution is -2.35. The van der Waals surface area contributed by atoms with Crippen LogP contribution in [0.2, 0.25) is 0 Å². The van der Waals surface area contributed by atoms with Crippen LogP contribution in [0.1, 0.15) is 46.2 Å². The van der Waals surface area contributed by atoms with E-state index in [9.17, 15) is 0 Å². The first-order valence-corrected chi connectivity index (χ1v) is 17.1. The van der Waals surface area contributed by atoms with Gasteiger partial charge in [0.1, 0.15) is 0 Å². The summed E-state index contributed by atoms with van der Waals surface area (Å²) in [6.07, 6.45) is 1.90. The van der Waals surface area contributed by atoms with Crippen LogP contribution in [0.4, 0.5) is 34.1 Å². The van der Waals surface area contributed by atoms with E-state index in [2.05, 4.69) is 183 Å². The third kappa shape index (κ3) is 6.39. The van der Waals surface area contributed by atoms with Gasteiger partial charge >= 0.3 is 0 Å². The van der Waals surface area contributed by atoms with Crippen LogP contribution < -0.4 is 9.80 Å². The maximum atomic E-state index is 5.95. The second-order valence-electron chi connectivity index (χ2n) is 13.3. The number of benzene rings is 6. The molecule has 0 aromatic heterocycles. The summed E-state index contributed by atoms with van der Waals surface area (Å²) in [6.45, 7) is 10.0. The van der Waals surface area contributed by atoms with E-state index in [0.717, 1.165) is 60.2 Å². The molecule has 6 aromatic rings. The highest BCUT2D eigenvalue weighted by atomic mass is 16.5. The molecule has 0 radical (unpaired) electrons. The largest absolute Gasteiger partial charge is 0.381 e. The van der Waals surface area contributed by atoms with Gasteiger partial charge in [-0.1, -0.05) is 95.1 Å². The molecule has 1 aliphatic heterocycles. The van der Waals surface area contributed by atoms with Crippen LogP contribution >= 0.6 is 0 Å². The van der Waals surface area contributed by atoms with Crippen molar-refractivity contribution in [3.8, 4) is 0 Å². The Balaban J connectivity index is 1.25. The zero-order chi connectivity index (χ0) is 33.1. The van der Waals surface area contributed by atoms with E-state index >= 15 is 0 Å². The normalized spacial score (nSPS) is 14.0. The molecule has 0 saturated carbocycles. The Morgan fingerprint density at radius 1 is 0.354 bits per heavy atom. The molecule has 1 fully saturated rings. The van der Waals surface area contributed by atoms with Crippen molar-refractivity contribution in [3.05, 3.63) is 179 Å². The Morgan fingerprint density at radius 2 is 0.583 bits per heavy atom. The van der Waals surface area contributed by atoms with Gasteiger partial charge in [0, 0.05) is 52.8 Å². The van der Waals surface area contributed by atoms with E-state index in [-0.39, 0.29) is 5.41 Å². The summed E-state index contributed by atoms with van der Waals surface area (Å²) in [7, 11) is 0. The number of anilines is 6. The van der Waals surface area contributed by atoms with Gasteiger partial charge in [0.25, 0.3) is 0 Å². The van der Waals surface area contributed by atoms with Gasteiger partial charge in [0.15, 0.2) is 0 Å². The van der Waals surface area contributed by atoms with Crippen molar-refractivity contribution in [2.24, 2.45) is 0 Å². The van der Waals surface area contributed by atoms with Crippen molar-refractivity contribution >= 4 is 34.1 Å². The SMILES string of the molecule is Cc1ccc(N(c2ccc(C)cc2)c2ccc(C3(c4ccc(N(c5ccc(C)cc5)c5ccc(C)cc5)cc4)CCOCC3)cc2)cc1. The molecule has 0 aliphatic carbocycles. The average Bonchev–Trinajstić information content (AvgIpc) is 3.13. The van der Waals surface area contributed by atoms with Crippen LogP contribution in [0.5, 0.6) is 0 Å². The predicted molar refractivity (Wildman–Crippen MR) is 202 cm³/mol. The van der Waals surface area contributed by atoms with E-state index in [1.807, 2.05) is 0 Å². The van der Waals surface area contributed by atoms with Crippen LogP contribution in [0.15, 0.2) is 146 Å². The van der Waals surface area contributed by atoms with Crippen LogP contribution in [-0.2, 0) is 10.2 Å². The molecule has 3 heteroatoms. The molecule has 48 heavy (non-hydrogen) atoms. The number of nitrogens with zero attached hydrogens (tertiary/aromatic N) is 2. The third-order valence-corrected chi connectivity index (χ3v) is 9.87. The predicted octanol–water partition coefficient (Wildman–Crippen LogP) is 12.0.